The van der Waals surface area contributed by atoms with Crippen LogP contribution >= 0.6 is 0 Å². The van der Waals surface area contributed by atoms with E-state index in [0.29, 0.717) is 31.9 Å². The van der Waals surface area contributed by atoms with Gasteiger partial charge in [0.2, 0.25) is 0 Å². The van der Waals surface area contributed by atoms with Crippen LogP contribution in [0.15, 0.2) is 10.7 Å². The molecule has 0 unspecified atom stereocenters. The van der Waals surface area contributed by atoms with Gasteiger partial charge in [-0.3, -0.25) is 0 Å². The number of esters is 1. The van der Waals surface area contributed by atoms with Gasteiger partial charge in [-0.2, -0.15) is 4.98 Å². The second kappa shape index (κ2) is 8.63. The van der Waals surface area contributed by atoms with Gasteiger partial charge in [-0.15, -0.1) is 0 Å². The Morgan fingerprint density at radius 2 is 2.33 bits per heavy atom. The van der Waals surface area contributed by atoms with E-state index in [1.54, 1.807) is 6.92 Å². The van der Waals surface area contributed by atoms with Crippen molar-refractivity contribution in [3.05, 3.63) is 12.0 Å². The van der Waals surface area contributed by atoms with Crippen molar-refractivity contribution < 1.29 is 18.7 Å². The average Bonchev–Trinajstić information content (AvgIpc) is 2.97. The molecule has 118 valence electrons. The summed E-state index contributed by atoms with van der Waals surface area (Å²) in [4.78, 5) is 15.4. The Bertz CT molecular complexity index is 430. The van der Waals surface area contributed by atoms with Gasteiger partial charge in [0.25, 0.3) is 6.01 Å². The largest absolute Gasteiger partial charge is 0.461 e. The molecule has 7 heteroatoms. The van der Waals surface area contributed by atoms with E-state index in [1.807, 2.05) is 0 Å². The number of ether oxygens (including phenoxy) is 2. The zero-order valence-corrected chi connectivity index (χ0v) is 12.4. The van der Waals surface area contributed by atoms with Gasteiger partial charge in [0.05, 0.1) is 12.7 Å². The zero-order chi connectivity index (χ0) is 14.9. The number of carbonyl (C=O) groups is 1. The Labute approximate surface area is 124 Å². The fraction of sp³-hybridized carbons (Fsp3) is 0.714. The van der Waals surface area contributed by atoms with Gasteiger partial charge in [-0.25, -0.2) is 4.79 Å². The molecular weight excluding hydrogens is 274 g/mol. The third kappa shape index (κ3) is 5.35. The summed E-state index contributed by atoms with van der Waals surface area (Å²) in [5.74, 6) is -0.469. The molecule has 2 rings (SSSR count). The van der Waals surface area contributed by atoms with Crippen LogP contribution in [0, 0.1) is 0 Å². The number of anilines is 1. The van der Waals surface area contributed by atoms with Crippen molar-refractivity contribution in [1.29, 1.82) is 0 Å². The van der Waals surface area contributed by atoms with Crippen molar-refractivity contribution in [3.63, 3.8) is 0 Å². The van der Waals surface area contributed by atoms with Crippen LogP contribution in [0.2, 0.25) is 0 Å². The van der Waals surface area contributed by atoms with Crippen LogP contribution in [0.5, 0.6) is 0 Å². The highest BCUT2D eigenvalue weighted by molar-refractivity contribution is 5.87. The Morgan fingerprint density at radius 1 is 1.52 bits per heavy atom. The van der Waals surface area contributed by atoms with E-state index in [0.717, 1.165) is 32.4 Å². The highest BCUT2D eigenvalue weighted by Crippen LogP contribution is 2.10. The molecule has 1 aromatic rings. The van der Waals surface area contributed by atoms with Crippen molar-refractivity contribution in [3.8, 4) is 0 Å². The summed E-state index contributed by atoms with van der Waals surface area (Å²) in [6.07, 6.45) is 4.70. The number of oxazole rings is 1. The molecule has 1 aliphatic rings. The van der Waals surface area contributed by atoms with Gasteiger partial charge >= 0.3 is 5.97 Å². The fourth-order valence-corrected chi connectivity index (χ4v) is 2.13. The van der Waals surface area contributed by atoms with E-state index in [-0.39, 0.29) is 5.69 Å². The summed E-state index contributed by atoms with van der Waals surface area (Å²) in [7, 11) is 0. The zero-order valence-electron chi connectivity index (χ0n) is 12.4. The van der Waals surface area contributed by atoms with Gasteiger partial charge in [-0.1, -0.05) is 0 Å². The van der Waals surface area contributed by atoms with Crippen LogP contribution < -0.4 is 10.6 Å². The maximum atomic E-state index is 11.4. The standard InChI is InChI=1S/C14H23N3O4/c1-2-19-13(18)12-10-21-14(17-12)16-6-3-9-20-11-4-7-15-8-5-11/h10-11,15H,2-9H2,1H3,(H,16,17). The lowest BCUT2D eigenvalue weighted by molar-refractivity contribution is 0.0329. The fourth-order valence-electron chi connectivity index (χ4n) is 2.13. The lowest BCUT2D eigenvalue weighted by Crippen LogP contribution is -2.32. The number of hydrogen-bond acceptors (Lipinski definition) is 7. The molecule has 21 heavy (non-hydrogen) atoms. The summed E-state index contributed by atoms with van der Waals surface area (Å²) >= 11 is 0. The number of nitrogens with one attached hydrogen (secondary N) is 2. The molecule has 7 nitrogen and oxygen atoms in total. The van der Waals surface area contributed by atoms with Crippen molar-refractivity contribution in [2.24, 2.45) is 0 Å². The van der Waals surface area contributed by atoms with Crippen LogP contribution in [0.4, 0.5) is 6.01 Å². The molecule has 0 atom stereocenters. The maximum absolute atomic E-state index is 11.4. The molecule has 0 bridgehead atoms. The van der Waals surface area contributed by atoms with E-state index >= 15 is 0 Å². The molecule has 1 aliphatic heterocycles. The minimum Gasteiger partial charge on any atom is -0.461 e. The van der Waals surface area contributed by atoms with Crippen molar-refractivity contribution in [2.45, 2.75) is 32.3 Å². The van der Waals surface area contributed by atoms with E-state index < -0.39 is 5.97 Å². The normalized spacial score (nSPS) is 15.9. The number of hydrogen-bond donors (Lipinski definition) is 2. The van der Waals surface area contributed by atoms with Crippen molar-refractivity contribution in [2.75, 3.05) is 38.2 Å². The Balaban J connectivity index is 1.59. The Kier molecular flexibility index (Phi) is 6.49. The van der Waals surface area contributed by atoms with E-state index in [9.17, 15) is 4.79 Å². The van der Waals surface area contributed by atoms with E-state index in [2.05, 4.69) is 15.6 Å². The number of aromatic nitrogens is 1. The quantitative estimate of drug-likeness (QED) is 0.554. The molecule has 1 saturated heterocycles. The minimum absolute atomic E-state index is 0.185. The molecule has 0 saturated carbocycles. The van der Waals surface area contributed by atoms with Gasteiger partial charge in [0, 0.05) is 13.2 Å². The van der Waals surface area contributed by atoms with Gasteiger partial charge < -0.3 is 24.5 Å². The van der Waals surface area contributed by atoms with Crippen molar-refractivity contribution >= 4 is 12.0 Å². The molecular formula is C14H23N3O4. The second-order valence-electron chi connectivity index (χ2n) is 4.86. The second-order valence-corrected chi connectivity index (χ2v) is 4.86. The first-order valence-corrected chi connectivity index (χ1v) is 7.48. The summed E-state index contributed by atoms with van der Waals surface area (Å²) < 4.78 is 15.8. The summed E-state index contributed by atoms with van der Waals surface area (Å²) in [5.41, 5.74) is 0.185. The molecule has 0 aromatic carbocycles. The molecule has 0 spiro atoms. The minimum atomic E-state index is -0.469. The van der Waals surface area contributed by atoms with Gasteiger partial charge in [0.1, 0.15) is 6.26 Å². The van der Waals surface area contributed by atoms with Crippen LogP contribution in [-0.4, -0.2) is 49.9 Å². The van der Waals surface area contributed by atoms with Gasteiger partial charge in [0.15, 0.2) is 5.69 Å². The highest BCUT2D eigenvalue weighted by atomic mass is 16.5. The first kappa shape index (κ1) is 15.8. The number of rotatable bonds is 8. The van der Waals surface area contributed by atoms with Gasteiger partial charge in [-0.05, 0) is 39.3 Å². The smallest absolute Gasteiger partial charge is 0.360 e. The summed E-state index contributed by atoms with van der Waals surface area (Å²) in [5, 5.41) is 6.33. The monoisotopic (exact) mass is 297 g/mol. The Morgan fingerprint density at radius 3 is 3.10 bits per heavy atom. The number of carbonyl (C=O) groups excluding carboxylic acids is 1. The lowest BCUT2D eigenvalue weighted by Gasteiger charge is -2.22. The van der Waals surface area contributed by atoms with Crippen LogP contribution in [0.1, 0.15) is 36.7 Å². The first-order chi connectivity index (χ1) is 10.3. The third-order valence-electron chi connectivity index (χ3n) is 3.23. The molecule has 2 N–H and O–H groups in total. The highest BCUT2D eigenvalue weighted by Gasteiger charge is 2.14. The van der Waals surface area contributed by atoms with Crippen LogP contribution in [-0.2, 0) is 9.47 Å². The number of piperidine rings is 1. The average molecular weight is 297 g/mol. The molecule has 0 amide bonds. The molecule has 0 aliphatic carbocycles. The SMILES string of the molecule is CCOC(=O)c1coc(NCCCOC2CCNCC2)n1. The van der Waals surface area contributed by atoms with Crippen LogP contribution in [0.25, 0.3) is 0 Å². The first-order valence-electron chi connectivity index (χ1n) is 7.48. The lowest BCUT2D eigenvalue weighted by atomic mass is 10.1. The predicted molar refractivity (Wildman–Crippen MR) is 77.4 cm³/mol. The third-order valence-corrected chi connectivity index (χ3v) is 3.23. The predicted octanol–water partition coefficient (Wildman–Crippen LogP) is 1.42. The van der Waals surface area contributed by atoms with E-state index in [1.165, 1.54) is 6.26 Å². The molecule has 2 heterocycles. The molecule has 1 aromatic heterocycles. The molecule has 0 radical (unpaired) electrons. The maximum Gasteiger partial charge on any atom is 0.360 e. The Hall–Kier alpha value is -1.60. The van der Waals surface area contributed by atoms with Crippen LogP contribution in [0.3, 0.4) is 0 Å². The van der Waals surface area contributed by atoms with Crippen molar-refractivity contribution in [1.82, 2.24) is 10.3 Å². The molecule has 1 fully saturated rings. The van der Waals surface area contributed by atoms with E-state index in [4.69, 9.17) is 13.9 Å². The topological polar surface area (TPSA) is 85.6 Å². The summed E-state index contributed by atoms with van der Waals surface area (Å²) in [6.45, 7) is 5.55. The summed E-state index contributed by atoms with van der Waals surface area (Å²) in [6, 6.07) is 0.333. The number of nitrogens with zero attached hydrogens (tertiary/aromatic N) is 1.